The van der Waals surface area contributed by atoms with Gasteiger partial charge in [-0.1, -0.05) is 30.3 Å². The predicted molar refractivity (Wildman–Crippen MR) is 112 cm³/mol. The van der Waals surface area contributed by atoms with Crippen LogP contribution in [0.1, 0.15) is 19.4 Å². The predicted octanol–water partition coefficient (Wildman–Crippen LogP) is 0.114. The first-order valence-corrected chi connectivity index (χ1v) is 13.2. The van der Waals surface area contributed by atoms with Gasteiger partial charge in [0.05, 0.1) is 19.1 Å². The Morgan fingerprint density at radius 2 is 1.42 bits per heavy atom. The molecule has 12 nitrogen and oxygen atoms in total. The van der Waals surface area contributed by atoms with Crippen LogP contribution in [0.25, 0.3) is 0 Å². The van der Waals surface area contributed by atoms with Crippen molar-refractivity contribution in [1.29, 1.82) is 0 Å². The van der Waals surface area contributed by atoms with Crippen LogP contribution in [0, 0.1) is 0 Å². The molecule has 0 radical (unpaired) electrons. The van der Waals surface area contributed by atoms with Gasteiger partial charge < -0.3 is 18.9 Å². The summed E-state index contributed by atoms with van der Waals surface area (Å²) in [4.78, 5) is 23.4. The molecule has 0 amide bonds. The second kappa shape index (κ2) is 10.9. The van der Waals surface area contributed by atoms with Crippen LogP contribution in [0.5, 0.6) is 0 Å². The molecule has 0 N–H and O–H groups in total. The van der Waals surface area contributed by atoms with Crippen molar-refractivity contribution >= 4 is 32.2 Å². The Bertz CT molecular complexity index is 1000. The number of esters is 2. The van der Waals surface area contributed by atoms with Crippen LogP contribution >= 0.6 is 0 Å². The van der Waals surface area contributed by atoms with E-state index in [2.05, 4.69) is 0 Å². The third kappa shape index (κ3) is 8.64. The third-order valence-corrected chi connectivity index (χ3v) is 5.42. The Morgan fingerprint density at radius 1 is 0.909 bits per heavy atom. The lowest BCUT2D eigenvalue weighted by Crippen LogP contribution is -2.53. The zero-order valence-electron chi connectivity index (χ0n) is 18.5. The fraction of sp³-hybridized carbons (Fsp3) is 0.579. The van der Waals surface area contributed by atoms with Crippen molar-refractivity contribution in [2.75, 3.05) is 25.7 Å². The van der Waals surface area contributed by atoms with Crippen LogP contribution in [-0.2, 0) is 63.7 Å². The van der Waals surface area contributed by atoms with Gasteiger partial charge >= 0.3 is 11.9 Å². The number of carbonyl (C=O) groups is 2. The van der Waals surface area contributed by atoms with Gasteiger partial charge in [-0.3, -0.25) is 18.0 Å². The van der Waals surface area contributed by atoms with Gasteiger partial charge in [-0.25, -0.2) is 0 Å². The van der Waals surface area contributed by atoms with Gasteiger partial charge in [-0.05, 0) is 5.56 Å². The lowest BCUT2D eigenvalue weighted by molar-refractivity contribution is -0.211. The van der Waals surface area contributed by atoms with Crippen molar-refractivity contribution in [3.63, 3.8) is 0 Å². The van der Waals surface area contributed by atoms with Crippen molar-refractivity contribution in [2.45, 2.75) is 44.6 Å². The van der Waals surface area contributed by atoms with Gasteiger partial charge in [0.25, 0.3) is 20.2 Å². The standard InChI is InChI=1S/C19H26O12S2/c1-13(20)29-16-17(26-10-15-8-6-5-7-9-15)19(11-27-32(3,22)23,12-28-33(4,24)25)31-18(16)30-14(2)21/h5-9,16-18H,10-12H2,1-4H3/t16-,17-,18-/m0/s1. The topological polar surface area (TPSA) is 158 Å². The molecule has 0 aliphatic carbocycles. The highest BCUT2D eigenvalue weighted by atomic mass is 32.2. The fourth-order valence-corrected chi connectivity index (χ4v) is 3.89. The molecule has 1 aromatic rings. The molecule has 1 aliphatic heterocycles. The van der Waals surface area contributed by atoms with Crippen molar-refractivity contribution in [3.05, 3.63) is 35.9 Å². The van der Waals surface area contributed by atoms with Gasteiger partial charge in [0.15, 0.2) is 11.7 Å². The molecule has 0 unspecified atom stereocenters. The first-order chi connectivity index (χ1) is 15.2. The second-order valence-electron chi connectivity index (χ2n) is 7.38. The summed E-state index contributed by atoms with van der Waals surface area (Å²) >= 11 is 0. The average molecular weight is 511 g/mol. The van der Waals surface area contributed by atoms with E-state index in [0.29, 0.717) is 5.56 Å². The number of rotatable bonds is 11. The molecule has 1 aliphatic rings. The highest BCUT2D eigenvalue weighted by molar-refractivity contribution is 7.86. The molecular weight excluding hydrogens is 484 g/mol. The maximum atomic E-state index is 11.8. The van der Waals surface area contributed by atoms with Crippen LogP contribution in [0.3, 0.4) is 0 Å². The van der Waals surface area contributed by atoms with Crippen LogP contribution in [0.4, 0.5) is 0 Å². The van der Waals surface area contributed by atoms with E-state index in [0.717, 1.165) is 26.4 Å². The summed E-state index contributed by atoms with van der Waals surface area (Å²) in [6.45, 7) is 0.540. The minimum Gasteiger partial charge on any atom is -0.453 e. The van der Waals surface area contributed by atoms with Crippen molar-refractivity contribution in [2.24, 2.45) is 0 Å². The van der Waals surface area contributed by atoms with E-state index in [4.69, 9.17) is 27.3 Å². The minimum atomic E-state index is -4.03. The normalized spacial score (nSPS) is 22.6. The summed E-state index contributed by atoms with van der Waals surface area (Å²) in [6, 6.07) is 8.76. The average Bonchev–Trinajstić information content (AvgIpc) is 2.95. The fourth-order valence-electron chi connectivity index (χ4n) is 3.07. The van der Waals surface area contributed by atoms with Crippen molar-refractivity contribution < 1.29 is 53.7 Å². The number of ether oxygens (including phenoxy) is 4. The molecule has 2 rings (SSSR count). The van der Waals surface area contributed by atoms with Crippen LogP contribution < -0.4 is 0 Å². The van der Waals surface area contributed by atoms with E-state index in [9.17, 15) is 26.4 Å². The molecule has 0 aromatic heterocycles. The molecule has 0 spiro atoms. The molecule has 1 heterocycles. The molecule has 33 heavy (non-hydrogen) atoms. The summed E-state index contributed by atoms with van der Waals surface area (Å²) in [5.41, 5.74) is -1.27. The molecule has 186 valence electrons. The first kappa shape index (κ1) is 27.1. The summed E-state index contributed by atoms with van der Waals surface area (Å²) in [6.07, 6.45) is -2.74. The van der Waals surface area contributed by atoms with Crippen molar-refractivity contribution in [1.82, 2.24) is 0 Å². The van der Waals surface area contributed by atoms with Gasteiger partial charge in [0.2, 0.25) is 6.29 Å². The molecule has 1 aromatic carbocycles. The number of carbonyl (C=O) groups excluding carboxylic acids is 2. The van der Waals surface area contributed by atoms with Crippen LogP contribution in [0.15, 0.2) is 30.3 Å². The maximum absolute atomic E-state index is 11.8. The van der Waals surface area contributed by atoms with E-state index in [-0.39, 0.29) is 6.61 Å². The van der Waals surface area contributed by atoms with Crippen LogP contribution in [-0.4, -0.2) is 78.6 Å². The molecular formula is C19H26O12S2. The Kier molecular flexibility index (Phi) is 8.95. The summed E-state index contributed by atoms with van der Waals surface area (Å²) in [7, 11) is -8.06. The Balaban J connectivity index is 2.50. The lowest BCUT2D eigenvalue weighted by Gasteiger charge is -2.33. The number of hydrogen-bond acceptors (Lipinski definition) is 12. The Labute approximate surface area is 192 Å². The van der Waals surface area contributed by atoms with E-state index in [1.807, 2.05) is 0 Å². The molecule has 3 atom stereocenters. The monoisotopic (exact) mass is 510 g/mol. The van der Waals surface area contributed by atoms with Gasteiger partial charge in [-0.15, -0.1) is 0 Å². The zero-order valence-corrected chi connectivity index (χ0v) is 20.1. The SMILES string of the molecule is CC(=O)O[C@H]1OC(COS(C)(=O)=O)(COS(C)(=O)=O)[C@@H](OCc2ccccc2)[C@@H]1OC(C)=O. The largest absolute Gasteiger partial charge is 0.453 e. The van der Waals surface area contributed by atoms with E-state index < -0.39 is 69.5 Å². The van der Waals surface area contributed by atoms with Gasteiger partial charge in [0, 0.05) is 13.8 Å². The molecule has 14 heteroatoms. The minimum absolute atomic E-state index is 0.0705. The number of hydrogen-bond donors (Lipinski definition) is 0. The second-order valence-corrected chi connectivity index (χ2v) is 10.7. The van der Waals surface area contributed by atoms with Crippen molar-refractivity contribution in [3.8, 4) is 0 Å². The molecule has 1 saturated heterocycles. The zero-order chi connectivity index (χ0) is 24.9. The van der Waals surface area contributed by atoms with Gasteiger partial charge in [0.1, 0.15) is 19.3 Å². The first-order valence-electron chi connectivity index (χ1n) is 9.57. The van der Waals surface area contributed by atoms with E-state index >= 15 is 0 Å². The van der Waals surface area contributed by atoms with Crippen LogP contribution in [0.2, 0.25) is 0 Å². The third-order valence-electron chi connectivity index (χ3n) is 4.33. The highest BCUT2D eigenvalue weighted by Crippen LogP contribution is 2.38. The quantitative estimate of drug-likeness (QED) is 0.293. The maximum Gasteiger partial charge on any atom is 0.305 e. The molecule has 0 saturated carbocycles. The summed E-state index contributed by atoms with van der Waals surface area (Å²) < 4.78 is 78.5. The lowest BCUT2D eigenvalue weighted by atomic mass is 9.96. The molecule has 0 bridgehead atoms. The Morgan fingerprint density at radius 3 is 1.88 bits per heavy atom. The molecule has 1 fully saturated rings. The van der Waals surface area contributed by atoms with E-state index in [1.54, 1.807) is 30.3 Å². The van der Waals surface area contributed by atoms with Gasteiger partial charge in [-0.2, -0.15) is 16.8 Å². The Hall–Kier alpha value is -2.10. The van der Waals surface area contributed by atoms with E-state index in [1.165, 1.54) is 0 Å². The smallest absolute Gasteiger partial charge is 0.305 e. The number of benzene rings is 1. The highest BCUT2D eigenvalue weighted by Gasteiger charge is 2.60. The summed E-state index contributed by atoms with van der Waals surface area (Å²) in [5.74, 6) is -1.58. The summed E-state index contributed by atoms with van der Waals surface area (Å²) in [5, 5.41) is 0.